The third-order valence-electron chi connectivity index (χ3n) is 2.31. The van der Waals surface area contributed by atoms with E-state index < -0.39 is 17.8 Å². The number of amides is 1. The number of carboxylic acids is 1. The number of carbonyl (C=O) groups excluding carboxylic acids is 1. The van der Waals surface area contributed by atoms with Gasteiger partial charge in [-0.1, -0.05) is 24.6 Å². The highest BCUT2D eigenvalue weighted by atomic mass is 35.5. The third-order valence-corrected chi connectivity index (χ3v) is 2.61. The zero-order valence-corrected chi connectivity index (χ0v) is 10.5. The largest absolute Gasteiger partial charge is 0.479 e. The molecule has 0 spiro atoms. The number of benzene rings is 1. The molecule has 4 nitrogen and oxygen atoms in total. The van der Waals surface area contributed by atoms with Crippen LogP contribution in [0.3, 0.4) is 0 Å². The summed E-state index contributed by atoms with van der Waals surface area (Å²) in [6.45, 7) is 1.80. The topological polar surface area (TPSA) is 66.4 Å². The van der Waals surface area contributed by atoms with E-state index in [1.807, 2.05) is 0 Å². The first-order valence-corrected chi connectivity index (χ1v) is 5.80. The molecule has 18 heavy (non-hydrogen) atoms. The first-order chi connectivity index (χ1) is 8.45. The SMILES string of the molecule is CCCC(=O)NC(C(=O)O)c1ccc(Cl)c(F)c1. The lowest BCUT2D eigenvalue weighted by Crippen LogP contribution is -2.33. The number of rotatable bonds is 5. The van der Waals surface area contributed by atoms with Crippen LogP contribution in [0, 0.1) is 5.82 Å². The van der Waals surface area contributed by atoms with Gasteiger partial charge < -0.3 is 10.4 Å². The van der Waals surface area contributed by atoms with Gasteiger partial charge in [0.2, 0.25) is 5.91 Å². The number of carbonyl (C=O) groups is 2. The van der Waals surface area contributed by atoms with Gasteiger partial charge in [-0.2, -0.15) is 0 Å². The van der Waals surface area contributed by atoms with E-state index in [4.69, 9.17) is 16.7 Å². The zero-order chi connectivity index (χ0) is 13.7. The molecule has 0 radical (unpaired) electrons. The second-order valence-corrected chi connectivity index (χ2v) is 4.17. The molecule has 0 bridgehead atoms. The lowest BCUT2D eigenvalue weighted by atomic mass is 10.1. The van der Waals surface area contributed by atoms with Crippen LogP contribution in [-0.2, 0) is 9.59 Å². The Balaban J connectivity index is 2.94. The average molecular weight is 274 g/mol. The maximum atomic E-state index is 13.3. The molecule has 2 N–H and O–H groups in total. The van der Waals surface area contributed by atoms with Crippen molar-refractivity contribution in [2.24, 2.45) is 0 Å². The average Bonchev–Trinajstić information content (AvgIpc) is 2.30. The van der Waals surface area contributed by atoms with Gasteiger partial charge in [0.05, 0.1) is 5.02 Å². The molecule has 1 aromatic carbocycles. The molecule has 98 valence electrons. The molecule has 1 aromatic rings. The van der Waals surface area contributed by atoms with Crippen molar-refractivity contribution in [3.63, 3.8) is 0 Å². The molecule has 1 atom stereocenters. The summed E-state index contributed by atoms with van der Waals surface area (Å²) in [6.07, 6.45) is 0.826. The first kappa shape index (κ1) is 14.4. The normalized spacial score (nSPS) is 11.9. The highest BCUT2D eigenvalue weighted by molar-refractivity contribution is 6.30. The van der Waals surface area contributed by atoms with Crippen LogP contribution in [0.1, 0.15) is 31.4 Å². The van der Waals surface area contributed by atoms with Crippen molar-refractivity contribution in [3.8, 4) is 0 Å². The summed E-state index contributed by atoms with van der Waals surface area (Å²) in [5.74, 6) is -2.36. The van der Waals surface area contributed by atoms with Gasteiger partial charge in [-0.3, -0.25) is 4.79 Å². The van der Waals surface area contributed by atoms with Gasteiger partial charge in [0.25, 0.3) is 0 Å². The number of hydrogen-bond donors (Lipinski definition) is 2. The minimum absolute atomic E-state index is 0.0947. The molecule has 0 aromatic heterocycles. The van der Waals surface area contributed by atoms with Gasteiger partial charge in [0.15, 0.2) is 6.04 Å². The van der Waals surface area contributed by atoms with Crippen LogP contribution in [0.4, 0.5) is 4.39 Å². The molecule has 1 rings (SSSR count). The quantitative estimate of drug-likeness (QED) is 0.866. The Hall–Kier alpha value is -1.62. The van der Waals surface area contributed by atoms with Crippen LogP contribution < -0.4 is 5.32 Å². The van der Waals surface area contributed by atoms with Crippen LogP contribution in [0.25, 0.3) is 0 Å². The Kier molecular flexibility index (Phi) is 5.09. The third kappa shape index (κ3) is 3.70. The smallest absolute Gasteiger partial charge is 0.330 e. The van der Waals surface area contributed by atoms with E-state index in [0.717, 1.165) is 6.07 Å². The Morgan fingerprint density at radius 1 is 1.50 bits per heavy atom. The second-order valence-electron chi connectivity index (χ2n) is 3.76. The minimum atomic E-state index is -1.27. The van der Waals surface area contributed by atoms with Gasteiger partial charge in [-0.15, -0.1) is 0 Å². The van der Waals surface area contributed by atoms with E-state index in [1.54, 1.807) is 6.92 Å². The highest BCUT2D eigenvalue weighted by Gasteiger charge is 2.22. The van der Waals surface area contributed by atoms with E-state index in [0.29, 0.717) is 6.42 Å². The summed E-state index contributed by atoms with van der Waals surface area (Å²) in [7, 11) is 0. The standard InChI is InChI=1S/C12H13ClFNO3/c1-2-3-10(16)15-11(12(17)18)7-4-5-8(13)9(14)6-7/h4-6,11H,2-3H2,1H3,(H,15,16)(H,17,18). The number of nitrogens with one attached hydrogen (secondary N) is 1. The van der Waals surface area contributed by atoms with Crippen molar-refractivity contribution in [2.75, 3.05) is 0 Å². The molecule has 0 aliphatic rings. The van der Waals surface area contributed by atoms with E-state index in [9.17, 15) is 14.0 Å². The molecule has 1 amide bonds. The first-order valence-electron chi connectivity index (χ1n) is 5.42. The fourth-order valence-electron chi connectivity index (χ4n) is 1.44. The second kappa shape index (κ2) is 6.35. The van der Waals surface area contributed by atoms with Crippen LogP contribution in [0.15, 0.2) is 18.2 Å². The molecule has 0 saturated carbocycles. The lowest BCUT2D eigenvalue weighted by Gasteiger charge is -2.15. The Morgan fingerprint density at radius 3 is 2.67 bits per heavy atom. The molecular weight excluding hydrogens is 261 g/mol. The van der Waals surface area contributed by atoms with E-state index >= 15 is 0 Å². The Morgan fingerprint density at radius 2 is 2.17 bits per heavy atom. The molecular formula is C12H13ClFNO3. The van der Waals surface area contributed by atoms with Gasteiger partial charge in [0.1, 0.15) is 5.82 Å². The van der Waals surface area contributed by atoms with Crippen LogP contribution in [0.2, 0.25) is 5.02 Å². The summed E-state index contributed by atoms with van der Waals surface area (Å²) in [6, 6.07) is 2.37. The van der Waals surface area contributed by atoms with E-state index in [-0.39, 0.29) is 22.9 Å². The minimum Gasteiger partial charge on any atom is -0.479 e. The molecule has 0 fully saturated rings. The monoisotopic (exact) mass is 273 g/mol. The Bertz CT molecular complexity index is 465. The predicted octanol–water partition coefficient (Wildman–Crippen LogP) is 2.52. The number of hydrogen-bond acceptors (Lipinski definition) is 2. The van der Waals surface area contributed by atoms with E-state index in [2.05, 4.69) is 5.32 Å². The van der Waals surface area contributed by atoms with Gasteiger partial charge in [0, 0.05) is 6.42 Å². The van der Waals surface area contributed by atoms with Crippen molar-refractivity contribution in [1.29, 1.82) is 0 Å². The predicted molar refractivity (Wildman–Crippen MR) is 64.8 cm³/mol. The van der Waals surface area contributed by atoms with Crippen LogP contribution >= 0.6 is 11.6 Å². The summed E-state index contributed by atoms with van der Waals surface area (Å²) < 4.78 is 13.3. The van der Waals surface area contributed by atoms with Crippen LogP contribution in [0.5, 0.6) is 0 Å². The fourth-order valence-corrected chi connectivity index (χ4v) is 1.56. The zero-order valence-electron chi connectivity index (χ0n) is 9.74. The summed E-state index contributed by atoms with van der Waals surface area (Å²) in [5.41, 5.74) is 0.147. The van der Waals surface area contributed by atoms with E-state index in [1.165, 1.54) is 12.1 Å². The fraction of sp³-hybridized carbons (Fsp3) is 0.333. The summed E-state index contributed by atoms with van der Waals surface area (Å²) in [4.78, 5) is 22.5. The Labute approximate surface area is 109 Å². The van der Waals surface area contributed by atoms with Crippen molar-refractivity contribution in [1.82, 2.24) is 5.32 Å². The lowest BCUT2D eigenvalue weighted by molar-refractivity contribution is -0.142. The number of aliphatic carboxylic acids is 1. The molecule has 6 heteroatoms. The maximum absolute atomic E-state index is 13.3. The summed E-state index contributed by atoms with van der Waals surface area (Å²) in [5, 5.41) is 11.3. The van der Waals surface area contributed by atoms with Crippen molar-refractivity contribution >= 4 is 23.5 Å². The van der Waals surface area contributed by atoms with Gasteiger partial charge in [-0.05, 0) is 24.1 Å². The van der Waals surface area contributed by atoms with Crippen molar-refractivity contribution in [3.05, 3.63) is 34.6 Å². The van der Waals surface area contributed by atoms with Crippen LogP contribution in [-0.4, -0.2) is 17.0 Å². The van der Waals surface area contributed by atoms with Gasteiger partial charge in [-0.25, -0.2) is 9.18 Å². The molecule has 0 aliphatic carbocycles. The number of halogens is 2. The molecule has 0 saturated heterocycles. The molecule has 1 unspecified atom stereocenters. The highest BCUT2D eigenvalue weighted by Crippen LogP contribution is 2.20. The van der Waals surface area contributed by atoms with Crippen molar-refractivity contribution in [2.45, 2.75) is 25.8 Å². The van der Waals surface area contributed by atoms with Gasteiger partial charge >= 0.3 is 5.97 Å². The molecule has 0 aliphatic heterocycles. The van der Waals surface area contributed by atoms with Crippen molar-refractivity contribution < 1.29 is 19.1 Å². The summed E-state index contributed by atoms with van der Waals surface area (Å²) >= 11 is 5.51. The molecule has 0 heterocycles. The maximum Gasteiger partial charge on any atom is 0.330 e. The number of carboxylic acid groups (broad SMARTS) is 1.